The molecule has 178 valence electrons. The molecule has 10 nitrogen and oxygen atoms in total. The molecule has 34 heavy (non-hydrogen) atoms. The van der Waals surface area contributed by atoms with E-state index in [2.05, 4.69) is 25.5 Å². The van der Waals surface area contributed by atoms with E-state index in [1.54, 1.807) is 25.4 Å². The van der Waals surface area contributed by atoms with Crippen molar-refractivity contribution >= 4 is 28.9 Å². The van der Waals surface area contributed by atoms with Crippen molar-refractivity contribution < 1.29 is 19.4 Å². The van der Waals surface area contributed by atoms with Crippen molar-refractivity contribution in [1.29, 1.82) is 0 Å². The molecule has 0 radical (unpaired) electrons. The zero-order chi connectivity index (χ0) is 23.9. The fraction of sp³-hybridized carbons (Fsp3) is 0.292. The molecule has 2 aromatic carbocycles. The van der Waals surface area contributed by atoms with Gasteiger partial charge in [-0.2, -0.15) is 0 Å². The molecule has 1 saturated heterocycles. The van der Waals surface area contributed by atoms with E-state index in [4.69, 9.17) is 20.3 Å². The van der Waals surface area contributed by atoms with Crippen molar-refractivity contribution in [3.8, 4) is 17.0 Å². The third-order valence-electron chi connectivity index (χ3n) is 5.42. The number of hydrogen-bond acceptors (Lipinski definition) is 9. The summed E-state index contributed by atoms with van der Waals surface area (Å²) in [6.45, 7) is 2.64. The molecule has 0 bridgehead atoms. The fourth-order valence-electron chi connectivity index (χ4n) is 3.57. The Morgan fingerprint density at radius 1 is 1.18 bits per heavy atom. The van der Waals surface area contributed by atoms with Gasteiger partial charge in [0.15, 0.2) is 0 Å². The van der Waals surface area contributed by atoms with Crippen LogP contribution < -0.4 is 26.0 Å². The third kappa shape index (κ3) is 5.60. The van der Waals surface area contributed by atoms with E-state index in [9.17, 15) is 4.79 Å². The van der Waals surface area contributed by atoms with E-state index in [1.165, 1.54) is 0 Å². The smallest absolute Gasteiger partial charge is 0.243 e. The van der Waals surface area contributed by atoms with Gasteiger partial charge >= 0.3 is 0 Å². The SMILES string of the molecule is COc1cc(Nc2nccc(-c3ccc(NC(=O)C(N)CO)cc3)n2)ccc1N1CCOCC1. The Balaban J connectivity index is 1.47. The standard InChI is InChI=1S/C24H28N6O4/c1-33-22-14-18(6-7-21(22)30-10-12-34-13-11-30)28-24-26-9-8-20(29-24)16-2-4-17(5-3-16)27-23(32)19(25)15-31/h2-9,14,19,31H,10-13,15,25H2,1H3,(H,27,32)(H,26,28,29). The first-order valence-electron chi connectivity index (χ1n) is 11.0. The number of aliphatic hydroxyl groups is 1. The lowest BCUT2D eigenvalue weighted by Crippen LogP contribution is -2.38. The van der Waals surface area contributed by atoms with Gasteiger partial charge in [0, 0.05) is 42.3 Å². The number of methoxy groups -OCH3 is 1. The summed E-state index contributed by atoms with van der Waals surface area (Å²) in [7, 11) is 1.66. The van der Waals surface area contributed by atoms with Crippen molar-refractivity contribution in [2.24, 2.45) is 5.73 Å². The van der Waals surface area contributed by atoms with Crippen LogP contribution in [0.4, 0.5) is 23.0 Å². The van der Waals surface area contributed by atoms with Crippen molar-refractivity contribution in [2.45, 2.75) is 6.04 Å². The number of nitrogens with zero attached hydrogens (tertiary/aromatic N) is 3. The van der Waals surface area contributed by atoms with Gasteiger partial charge in [0.1, 0.15) is 11.8 Å². The van der Waals surface area contributed by atoms with E-state index < -0.39 is 18.6 Å². The number of ether oxygens (including phenoxy) is 2. The molecule has 1 unspecified atom stereocenters. The first kappa shape index (κ1) is 23.4. The number of carbonyl (C=O) groups excluding carboxylic acids is 1. The zero-order valence-electron chi connectivity index (χ0n) is 18.9. The van der Waals surface area contributed by atoms with Gasteiger partial charge < -0.3 is 35.8 Å². The van der Waals surface area contributed by atoms with Gasteiger partial charge in [-0.3, -0.25) is 4.79 Å². The van der Waals surface area contributed by atoms with Crippen LogP contribution in [0.5, 0.6) is 5.75 Å². The molecular formula is C24H28N6O4. The lowest BCUT2D eigenvalue weighted by molar-refractivity contribution is -0.118. The number of anilines is 4. The van der Waals surface area contributed by atoms with Crippen LogP contribution in [-0.2, 0) is 9.53 Å². The van der Waals surface area contributed by atoms with E-state index >= 15 is 0 Å². The first-order valence-corrected chi connectivity index (χ1v) is 11.0. The van der Waals surface area contributed by atoms with Gasteiger partial charge in [0.2, 0.25) is 11.9 Å². The maximum Gasteiger partial charge on any atom is 0.243 e. The summed E-state index contributed by atoms with van der Waals surface area (Å²) in [6, 6.07) is 13.9. The van der Waals surface area contributed by atoms with Gasteiger partial charge in [-0.05, 0) is 30.3 Å². The Morgan fingerprint density at radius 2 is 1.91 bits per heavy atom. The van der Waals surface area contributed by atoms with Crippen molar-refractivity contribution in [3.05, 3.63) is 54.7 Å². The van der Waals surface area contributed by atoms with E-state index in [-0.39, 0.29) is 0 Å². The highest BCUT2D eigenvalue weighted by Crippen LogP contribution is 2.32. The molecule has 1 atom stereocenters. The van der Waals surface area contributed by atoms with E-state index in [1.807, 2.05) is 36.4 Å². The molecule has 0 aliphatic carbocycles. The molecule has 4 rings (SSSR count). The van der Waals surface area contributed by atoms with E-state index in [0.29, 0.717) is 24.8 Å². The van der Waals surface area contributed by atoms with E-state index in [0.717, 1.165) is 41.5 Å². The van der Waals surface area contributed by atoms with Gasteiger partial charge in [-0.15, -0.1) is 0 Å². The predicted octanol–water partition coefficient (Wildman–Crippen LogP) is 1.99. The largest absolute Gasteiger partial charge is 0.495 e. The summed E-state index contributed by atoms with van der Waals surface area (Å²) in [4.78, 5) is 23.0. The minimum absolute atomic E-state index is 0.414. The number of nitrogens with one attached hydrogen (secondary N) is 2. The highest BCUT2D eigenvalue weighted by Gasteiger charge is 2.16. The molecule has 1 aromatic heterocycles. The van der Waals surface area contributed by atoms with Gasteiger partial charge in [-0.1, -0.05) is 12.1 Å². The maximum atomic E-state index is 11.8. The topological polar surface area (TPSA) is 135 Å². The summed E-state index contributed by atoms with van der Waals surface area (Å²) in [5.74, 6) is 0.769. The number of hydrogen-bond donors (Lipinski definition) is 4. The molecular weight excluding hydrogens is 436 g/mol. The second-order valence-electron chi connectivity index (χ2n) is 7.73. The molecule has 1 aliphatic rings. The van der Waals surface area contributed by atoms with Crippen LogP contribution in [0, 0.1) is 0 Å². The monoisotopic (exact) mass is 464 g/mol. The molecule has 1 fully saturated rings. The molecule has 3 aromatic rings. The maximum absolute atomic E-state index is 11.8. The fourth-order valence-corrected chi connectivity index (χ4v) is 3.57. The van der Waals surface area contributed by atoms with Crippen LogP contribution in [0.2, 0.25) is 0 Å². The number of benzene rings is 2. The van der Waals surface area contributed by atoms with Gasteiger partial charge in [0.25, 0.3) is 0 Å². The third-order valence-corrected chi connectivity index (χ3v) is 5.42. The lowest BCUT2D eigenvalue weighted by atomic mass is 10.1. The second kappa shape index (κ2) is 10.9. The summed E-state index contributed by atoms with van der Waals surface area (Å²) in [5, 5.41) is 14.9. The first-order chi connectivity index (χ1) is 16.6. The molecule has 5 N–H and O–H groups in total. The Labute approximate surface area is 197 Å². The second-order valence-corrected chi connectivity index (χ2v) is 7.73. The van der Waals surface area contributed by atoms with Crippen LogP contribution in [0.3, 0.4) is 0 Å². The number of aliphatic hydroxyl groups excluding tert-OH is 1. The van der Waals surface area contributed by atoms with Crippen molar-refractivity contribution in [1.82, 2.24) is 9.97 Å². The van der Waals surface area contributed by atoms with Crippen molar-refractivity contribution in [2.75, 3.05) is 55.6 Å². The highest BCUT2D eigenvalue weighted by atomic mass is 16.5. The molecule has 1 aliphatic heterocycles. The van der Waals surface area contributed by atoms with Crippen LogP contribution in [0.1, 0.15) is 0 Å². The Morgan fingerprint density at radius 3 is 2.62 bits per heavy atom. The number of aromatic nitrogens is 2. The number of rotatable bonds is 8. The van der Waals surface area contributed by atoms with Crippen molar-refractivity contribution in [3.63, 3.8) is 0 Å². The number of carbonyl (C=O) groups is 1. The number of morpholine rings is 1. The minimum atomic E-state index is -0.961. The minimum Gasteiger partial charge on any atom is -0.495 e. The summed E-state index contributed by atoms with van der Waals surface area (Å²) < 4.78 is 11.1. The van der Waals surface area contributed by atoms with Gasteiger partial charge in [0.05, 0.1) is 38.3 Å². The van der Waals surface area contributed by atoms with Crippen LogP contribution >= 0.6 is 0 Å². The average Bonchev–Trinajstić information content (AvgIpc) is 2.89. The number of amides is 1. The zero-order valence-corrected chi connectivity index (χ0v) is 18.9. The normalized spacial score (nSPS) is 14.4. The molecule has 0 spiro atoms. The molecule has 0 saturated carbocycles. The quantitative estimate of drug-likeness (QED) is 0.395. The predicted molar refractivity (Wildman–Crippen MR) is 130 cm³/mol. The van der Waals surface area contributed by atoms with Crippen LogP contribution in [0.15, 0.2) is 54.7 Å². The van der Waals surface area contributed by atoms with Crippen LogP contribution in [0.25, 0.3) is 11.3 Å². The Kier molecular flexibility index (Phi) is 7.53. The summed E-state index contributed by atoms with van der Waals surface area (Å²) >= 11 is 0. The Hall–Kier alpha value is -3.73. The average molecular weight is 465 g/mol. The van der Waals surface area contributed by atoms with Gasteiger partial charge in [-0.25, -0.2) is 9.97 Å². The molecule has 10 heteroatoms. The number of nitrogens with two attached hydrogens (primary N) is 1. The molecule has 2 heterocycles. The van der Waals surface area contributed by atoms with Crippen LogP contribution in [-0.4, -0.2) is 67.0 Å². The summed E-state index contributed by atoms with van der Waals surface area (Å²) in [6.07, 6.45) is 1.68. The Bertz CT molecular complexity index is 1120. The lowest BCUT2D eigenvalue weighted by Gasteiger charge is -2.30. The highest BCUT2D eigenvalue weighted by molar-refractivity contribution is 5.94. The summed E-state index contributed by atoms with van der Waals surface area (Å²) in [5.41, 5.74) is 9.52. The molecule has 1 amide bonds.